The van der Waals surface area contributed by atoms with Gasteiger partial charge in [-0.3, -0.25) is 9.36 Å². The van der Waals surface area contributed by atoms with E-state index in [9.17, 15) is 18.0 Å². The smallest absolute Gasteiger partial charge is 0.366 e. The SMILES string of the molecule is NC(=O)c1ccc2c(ccn2C(F)(F)F)c1. The van der Waals surface area contributed by atoms with Crippen LogP contribution in [0.5, 0.6) is 0 Å². The van der Waals surface area contributed by atoms with Gasteiger partial charge >= 0.3 is 6.30 Å². The Balaban J connectivity index is 2.64. The molecule has 2 N–H and O–H groups in total. The lowest BCUT2D eigenvalue weighted by atomic mass is 10.1. The third-order valence-electron chi connectivity index (χ3n) is 2.25. The number of rotatable bonds is 1. The average Bonchev–Trinajstić information content (AvgIpc) is 2.58. The minimum atomic E-state index is -4.46. The minimum absolute atomic E-state index is 0.00231. The fraction of sp³-hybridized carbons (Fsp3) is 0.100. The number of carbonyl (C=O) groups is 1. The third kappa shape index (κ3) is 1.62. The highest BCUT2D eigenvalue weighted by atomic mass is 19.4. The Morgan fingerprint density at radius 1 is 1.25 bits per heavy atom. The number of aromatic nitrogens is 1. The summed E-state index contributed by atoms with van der Waals surface area (Å²) in [5, 5.41) is 0.327. The molecule has 0 saturated carbocycles. The molecule has 3 nitrogen and oxygen atoms in total. The molecule has 0 saturated heterocycles. The van der Waals surface area contributed by atoms with Crippen LogP contribution in [0.15, 0.2) is 30.5 Å². The molecule has 0 aliphatic rings. The van der Waals surface area contributed by atoms with E-state index >= 15 is 0 Å². The highest BCUT2D eigenvalue weighted by Crippen LogP contribution is 2.28. The standard InChI is InChI=1S/C10H7F3N2O/c11-10(12,13)15-4-3-6-5-7(9(14)16)1-2-8(6)15/h1-5H,(H2,14,16). The monoisotopic (exact) mass is 228 g/mol. The third-order valence-corrected chi connectivity index (χ3v) is 2.25. The summed E-state index contributed by atoms with van der Waals surface area (Å²) in [6.07, 6.45) is -3.55. The lowest BCUT2D eigenvalue weighted by Gasteiger charge is -2.09. The van der Waals surface area contributed by atoms with E-state index < -0.39 is 12.2 Å². The van der Waals surface area contributed by atoms with Crippen LogP contribution >= 0.6 is 0 Å². The fourth-order valence-corrected chi connectivity index (χ4v) is 1.52. The van der Waals surface area contributed by atoms with E-state index in [0.29, 0.717) is 5.39 Å². The number of benzene rings is 1. The van der Waals surface area contributed by atoms with Gasteiger partial charge in [0.15, 0.2) is 0 Å². The van der Waals surface area contributed by atoms with Crippen molar-refractivity contribution in [1.29, 1.82) is 0 Å². The van der Waals surface area contributed by atoms with E-state index in [1.807, 2.05) is 0 Å². The zero-order chi connectivity index (χ0) is 11.9. The minimum Gasteiger partial charge on any atom is -0.366 e. The molecule has 16 heavy (non-hydrogen) atoms. The van der Waals surface area contributed by atoms with E-state index in [-0.39, 0.29) is 15.6 Å². The maximum Gasteiger partial charge on any atom is 0.488 e. The first-order chi connectivity index (χ1) is 7.39. The second-order valence-electron chi connectivity index (χ2n) is 3.29. The molecular weight excluding hydrogens is 221 g/mol. The topological polar surface area (TPSA) is 48.0 Å². The van der Waals surface area contributed by atoms with Gasteiger partial charge in [-0.2, -0.15) is 0 Å². The van der Waals surface area contributed by atoms with Gasteiger partial charge in [0, 0.05) is 17.1 Å². The summed E-state index contributed by atoms with van der Waals surface area (Å²) in [6, 6.07) is 5.12. The van der Waals surface area contributed by atoms with Gasteiger partial charge in [0.1, 0.15) is 0 Å². The Morgan fingerprint density at radius 3 is 2.50 bits per heavy atom. The summed E-state index contributed by atoms with van der Waals surface area (Å²) in [5.74, 6) is -0.665. The first-order valence-corrected chi connectivity index (χ1v) is 4.38. The predicted molar refractivity (Wildman–Crippen MR) is 51.8 cm³/mol. The van der Waals surface area contributed by atoms with Crippen LogP contribution < -0.4 is 5.73 Å². The van der Waals surface area contributed by atoms with Crippen molar-refractivity contribution < 1.29 is 18.0 Å². The summed E-state index contributed by atoms with van der Waals surface area (Å²) < 4.78 is 37.6. The van der Waals surface area contributed by atoms with Gasteiger partial charge in [0.25, 0.3) is 0 Å². The zero-order valence-corrected chi connectivity index (χ0v) is 7.95. The van der Waals surface area contributed by atoms with E-state index in [2.05, 4.69) is 0 Å². The number of alkyl halides is 3. The molecule has 0 bridgehead atoms. The normalized spacial score (nSPS) is 11.9. The Bertz CT molecular complexity index is 557. The molecule has 0 unspecified atom stereocenters. The van der Waals surface area contributed by atoms with Crippen LogP contribution in [-0.4, -0.2) is 10.5 Å². The van der Waals surface area contributed by atoms with Crippen molar-refractivity contribution in [2.45, 2.75) is 6.30 Å². The number of amides is 1. The van der Waals surface area contributed by atoms with Crippen LogP contribution in [0.3, 0.4) is 0 Å². The molecule has 1 amide bonds. The van der Waals surface area contributed by atoms with Crippen LogP contribution in [0.2, 0.25) is 0 Å². The van der Waals surface area contributed by atoms with E-state index in [1.54, 1.807) is 0 Å². The van der Waals surface area contributed by atoms with Gasteiger partial charge in [-0.1, -0.05) is 0 Å². The van der Waals surface area contributed by atoms with Crippen LogP contribution in [0.25, 0.3) is 10.9 Å². The molecular formula is C10H7F3N2O. The Kier molecular flexibility index (Phi) is 2.15. The molecule has 84 valence electrons. The van der Waals surface area contributed by atoms with E-state index in [1.165, 1.54) is 24.3 Å². The Hall–Kier alpha value is -1.98. The second kappa shape index (κ2) is 3.26. The number of halogens is 3. The molecule has 6 heteroatoms. The summed E-state index contributed by atoms with van der Waals surface area (Å²) in [4.78, 5) is 10.8. The maximum atomic E-state index is 12.5. The van der Waals surface area contributed by atoms with Crippen molar-refractivity contribution in [3.63, 3.8) is 0 Å². The van der Waals surface area contributed by atoms with Crippen molar-refractivity contribution in [2.24, 2.45) is 5.73 Å². The zero-order valence-electron chi connectivity index (χ0n) is 7.95. The number of carbonyl (C=O) groups excluding carboxylic acids is 1. The van der Waals surface area contributed by atoms with Gasteiger partial charge in [0.05, 0.1) is 5.52 Å². The number of nitrogens with zero attached hydrogens (tertiary/aromatic N) is 1. The maximum absolute atomic E-state index is 12.5. The first-order valence-electron chi connectivity index (χ1n) is 4.38. The molecule has 0 fully saturated rings. The number of fused-ring (bicyclic) bond motifs is 1. The lowest BCUT2D eigenvalue weighted by molar-refractivity contribution is -0.200. The first kappa shape index (κ1) is 10.5. The quantitative estimate of drug-likeness (QED) is 0.799. The van der Waals surface area contributed by atoms with E-state index in [4.69, 9.17) is 5.73 Å². The van der Waals surface area contributed by atoms with Crippen molar-refractivity contribution >= 4 is 16.8 Å². The molecule has 0 atom stereocenters. The van der Waals surface area contributed by atoms with Crippen LogP contribution in [0, 0.1) is 0 Å². The van der Waals surface area contributed by atoms with Crippen molar-refractivity contribution in [2.75, 3.05) is 0 Å². The highest BCUT2D eigenvalue weighted by Gasteiger charge is 2.31. The van der Waals surface area contributed by atoms with E-state index in [0.717, 1.165) is 6.20 Å². The molecule has 0 aliphatic heterocycles. The largest absolute Gasteiger partial charge is 0.488 e. The van der Waals surface area contributed by atoms with Crippen LogP contribution in [0.4, 0.5) is 13.2 Å². The average molecular weight is 228 g/mol. The van der Waals surface area contributed by atoms with Crippen molar-refractivity contribution in [3.8, 4) is 0 Å². The molecule has 1 aromatic carbocycles. The summed E-state index contributed by atoms with van der Waals surface area (Å²) in [7, 11) is 0. The van der Waals surface area contributed by atoms with Crippen LogP contribution in [-0.2, 0) is 6.30 Å². The predicted octanol–water partition coefficient (Wildman–Crippen LogP) is 2.22. The Morgan fingerprint density at radius 2 is 1.94 bits per heavy atom. The van der Waals surface area contributed by atoms with Crippen molar-refractivity contribution in [1.82, 2.24) is 4.57 Å². The summed E-state index contributed by atoms with van der Waals surface area (Å²) >= 11 is 0. The number of hydrogen-bond donors (Lipinski definition) is 1. The summed E-state index contributed by atoms with van der Waals surface area (Å²) in [5.41, 5.74) is 5.21. The molecule has 0 aliphatic carbocycles. The molecule has 0 spiro atoms. The van der Waals surface area contributed by atoms with Gasteiger partial charge in [-0.25, -0.2) is 0 Å². The Labute approximate surface area is 88.3 Å². The number of hydrogen-bond acceptors (Lipinski definition) is 1. The van der Waals surface area contributed by atoms with Gasteiger partial charge in [-0.05, 0) is 24.3 Å². The molecule has 1 aromatic heterocycles. The second-order valence-corrected chi connectivity index (χ2v) is 3.29. The van der Waals surface area contributed by atoms with Gasteiger partial charge in [0.2, 0.25) is 5.91 Å². The van der Waals surface area contributed by atoms with Gasteiger partial charge < -0.3 is 5.73 Å². The fourth-order valence-electron chi connectivity index (χ4n) is 1.52. The number of primary amides is 1. The molecule has 2 aromatic rings. The molecule has 2 rings (SSSR count). The number of nitrogens with two attached hydrogens (primary N) is 1. The summed E-state index contributed by atoms with van der Waals surface area (Å²) in [6.45, 7) is 0. The molecule has 0 radical (unpaired) electrons. The van der Waals surface area contributed by atoms with Crippen molar-refractivity contribution in [3.05, 3.63) is 36.0 Å². The highest BCUT2D eigenvalue weighted by molar-refractivity contribution is 5.97. The van der Waals surface area contributed by atoms with Crippen LogP contribution in [0.1, 0.15) is 10.4 Å². The molecule has 1 heterocycles. The lowest BCUT2D eigenvalue weighted by Crippen LogP contribution is -2.15. The van der Waals surface area contributed by atoms with Gasteiger partial charge in [-0.15, -0.1) is 13.2 Å².